The molecule has 0 bridgehead atoms. The molecule has 1 nitrogen and oxygen atoms in total. The second kappa shape index (κ2) is 3.64. The van der Waals surface area contributed by atoms with Crippen molar-refractivity contribution < 1.29 is 0 Å². The summed E-state index contributed by atoms with van der Waals surface area (Å²) in [5, 5.41) is 2.03. The highest BCUT2D eigenvalue weighted by atomic mass is 35.5. The summed E-state index contributed by atoms with van der Waals surface area (Å²) >= 11 is 7.85. The van der Waals surface area contributed by atoms with Gasteiger partial charge in [0.05, 0.1) is 10.5 Å². The molecule has 0 unspecified atom stereocenters. The Balaban J connectivity index is 2.61. The Hall–Kier alpha value is -0.600. The molecule has 0 aliphatic rings. The van der Waals surface area contributed by atoms with E-state index in [0.717, 1.165) is 16.3 Å². The molecule has 1 N–H and O–H groups in total. The van der Waals surface area contributed by atoms with Crippen LogP contribution < -0.4 is 0 Å². The lowest BCUT2D eigenvalue weighted by atomic mass is 10.2. The molecule has 0 saturated carbocycles. The van der Waals surface area contributed by atoms with E-state index in [1.54, 1.807) is 0 Å². The molecule has 2 rings (SSSR count). The maximum atomic E-state index is 6.03. The molecule has 0 saturated heterocycles. The van der Waals surface area contributed by atoms with Crippen molar-refractivity contribution in [2.75, 3.05) is 6.26 Å². The molecular weight excluding hydrogens is 202 g/mol. The Kier molecular flexibility index (Phi) is 2.51. The number of benzene rings is 1. The van der Waals surface area contributed by atoms with Crippen LogP contribution in [0.4, 0.5) is 0 Å². The molecule has 68 valence electrons. The van der Waals surface area contributed by atoms with E-state index in [4.69, 9.17) is 11.6 Å². The number of hydrogen-bond donors (Lipinski definition) is 1. The van der Waals surface area contributed by atoms with Crippen LogP contribution >= 0.6 is 23.4 Å². The average molecular weight is 212 g/mol. The van der Waals surface area contributed by atoms with Crippen molar-refractivity contribution in [2.45, 2.75) is 5.75 Å². The van der Waals surface area contributed by atoms with Crippen molar-refractivity contribution >= 4 is 34.3 Å². The first-order chi connectivity index (χ1) is 6.33. The smallest absolute Gasteiger partial charge is 0.0647 e. The fourth-order valence-electron chi connectivity index (χ4n) is 1.45. The third-order valence-corrected chi connectivity index (χ3v) is 2.96. The fourth-order valence-corrected chi connectivity index (χ4v) is 2.23. The largest absolute Gasteiger partial charge is 0.360 e. The highest BCUT2D eigenvalue weighted by Gasteiger charge is 2.04. The molecule has 0 fully saturated rings. The van der Waals surface area contributed by atoms with Crippen molar-refractivity contribution in [1.29, 1.82) is 0 Å². The van der Waals surface area contributed by atoms with E-state index in [1.165, 1.54) is 10.9 Å². The molecule has 0 radical (unpaired) electrons. The van der Waals surface area contributed by atoms with Crippen LogP contribution in [0.15, 0.2) is 24.4 Å². The van der Waals surface area contributed by atoms with Crippen LogP contribution in [-0.4, -0.2) is 11.2 Å². The molecule has 1 heterocycles. The minimum atomic E-state index is 0.796. The van der Waals surface area contributed by atoms with Gasteiger partial charge >= 0.3 is 0 Å². The molecule has 1 aromatic heterocycles. The van der Waals surface area contributed by atoms with Crippen molar-refractivity contribution in [1.82, 2.24) is 4.98 Å². The third-order valence-electron chi connectivity index (χ3n) is 2.05. The predicted octanol–water partition coefficient (Wildman–Crippen LogP) is 3.68. The van der Waals surface area contributed by atoms with Gasteiger partial charge in [0.1, 0.15) is 0 Å². The fraction of sp³-hybridized carbons (Fsp3) is 0.200. The van der Waals surface area contributed by atoms with Gasteiger partial charge in [-0.2, -0.15) is 11.8 Å². The highest BCUT2D eigenvalue weighted by molar-refractivity contribution is 7.97. The Labute approximate surface area is 86.5 Å². The minimum Gasteiger partial charge on any atom is -0.360 e. The number of nitrogens with one attached hydrogen (secondary N) is 1. The SMILES string of the molecule is CSCc1c[nH]c2c(Cl)cccc12. The summed E-state index contributed by atoms with van der Waals surface area (Å²) in [6, 6.07) is 5.99. The van der Waals surface area contributed by atoms with E-state index < -0.39 is 0 Å². The summed E-state index contributed by atoms with van der Waals surface area (Å²) in [4.78, 5) is 3.20. The lowest BCUT2D eigenvalue weighted by Crippen LogP contribution is -1.75. The molecule has 0 aliphatic heterocycles. The normalized spacial score (nSPS) is 10.9. The Morgan fingerprint density at radius 1 is 1.46 bits per heavy atom. The molecule has 0 amide bonds. The highest BCUT2D eigenvalue weighted by Crippen LogP contribution is 2.26. The van der Waals surface area contributed by atoms with E-state index >= 15 is 0 Å². The molecule has 0 atom stereocenters. The molecular formula is C10H10ClNS. The number of aromatic nitrogens is 1. The Morgan fingerprint density at radius 2 is 2.31 bits per heavy atom. The van der Waals surface area contributed by atoms with Crippen LogP contribution in [0.2, 0.25) is 5.02 Å². The second-order valence-electron chi connectivity index (χ2n) is 2.91. The van der Waals surface area contributed by atoms with Crippen LogP contribution in [0.3, 0.4) is 0 Å². The van der Waals surface area contributed by atoms with Gasteiger partial charge in [-0.3, -0.25) is 0 Å². The number of para-hydroxylation sites is 1. The number of thioether (sulfide) groups is 1. The van der Waals surface area contributed by atoms with Gasteiger partial charge < -0.3 is 4.98 Å². The van der Waals surface area contributed by atoms with Crippen LogP contribution in [0.5, 0.6) is 0 Å². The van der Waals surface area contributed by atoms with Crippen molar-refractivity contribution in [3.63, 3.8) is 0 Å². The van der Waals surface area contributed by atoms with E-state index in [2.05, 4.69) is 17.3 Å². The summed E-state index contributed by atoms with van der Waals surface area (Å²) < 4.78 is 0. The van der Waals surface area contributed by atoms with Crippen molar-refractivity contribution in [3.05, 3.63) is 35.0 Å². The minimum absolute atomic E-state index is 0.796. The zero-order chi connectivity index (χ0) is 9.26. The number of halogens is 1. The molecule has 13 heavy (non-hydrogen) atoms. The third kappa shape index (κ3) is 1.56. The quantitative estimate of drug-likeness (QED) is 0.801. The van der Waals surface area contributed by atoms with Gasteiger partial charge in [-0.25, -0.2) is 0 Å². The van der Waals surface area contributed by atoms with E-state index in [1.807, 2.05) is 30.1 Å². The molecule has 0 spiro atoms. The number of rotatable bonds is 2. The number of fused-ring (bicyclic) bond motifs is 1. The predicted molar refractivity (Wildman–Crippen MR) is 60.5 cm³/mol. The van der Waals surface area contributed by atoms with Gasteiger partial charge in [-0.15, -0.1) is 0 Å². The maximum absolute atomic E-state index is 6.03. The van der Waals surface area contributed by atoms with Crippen molar-refractivity contribution in [2.24, 2.45) is 0 Å². The van der Waals surface area contributed by atoms with Crippen LogP contribution in [0.25, 0.3) is 10.9 Å². The Bertz CT molecular complexity index is 422. The number of H-pyrrole nitrogens is 1. The average Bonchev–Trinajstić information content (AvgIpc) is 2.51. The van der Waals surface area contributed by atoms with E-state index in [9.17, 15) is 0 Å². The first kappa shape index (κ1) is 8.97. The summed E-state index contributed by atoms with van der Waals surface area (Å²) in [6.07, 6.45) is 4.14. The summed E-state index contributed by atoms with van der Waals surface area (Å²) in [5.41, 5.74) is 2.37. The summed E-state index contributed by atoms with van der Waals surface area (Å²) in [7, 11) is 0. The second-order valence-corrected chi connectivity index (χ2v) is 4.18. The lowest BCUT2D eigenvalue weighted by molar-refractivity contribution is 1.40. The monoisotopic (exact) mass is 211 g/mol. The lowest BCUT2D eigenvalue weighted by Gasteiger charge is -1.95. The first-order valence-electron chi connectivity index (χ1n) is 4.06. The summed E-state index contributed by atoms with van der Waals surface area (Å²) in [6.45, 7) is 0. The zero-order valence-corrected chi connectivity index (χ0v) is 8.88. The molecule has 0 aliphatic carbocycles. The van der Waals surface area contributed by atoms with Gasteiger partial charge in [-0.05, 0) is 17.9 Å². The zero-order valence-electron chi connectivity index (χ0n) is 7.30. The van der Waals surface area contributed by atoms with Gasteiger partial charge in [-0.1, -0.05) is 23.7 Å². The van der Waals surface area contributed by atoms with Crippen LogP contribution in [0.1, 0.15) is 5.56 Å². The van der Waals surface area contributed by atoms with Gasteiger partial charge in [0.2, 0.25) is 0 Å². The van der Waals surface area contributed by atoms with Gasteiger partial charge in [0.25, 0.3) is 0 Å². The molecule has 2 aromatic rings. The molecule has 3 heteroatoms. The first-order valence-corrected chi connectivity index (χ1v) is 5.83. The van der Waals surface area contributed by atoms with Crippen molar-refractivity contribution in [3.8, 4) is 0 Å². The van der Waals surface area contributed by atoms with Gasteiger partial charge in [0, 0.05) is 17.3 Å². The summed E-state index contributed by atoms with van der Waals surface area (Å²) in [5.74, 6) is 1.03. The van der Waals surface area contributed by atoms with Crippen LogP contribution in [-0.2, 0) is 5.75 Å². The Morgan fingerprint density at radius 3 is 3.08 bits per heavy atom. The van der Waals surface area contributed by atoms with Gasteiger partial charge in [0.15, 0.2) is 0 Å². The van der Waals surface area contributed by atoms with E-state index in [-0.39, 0.29) is 0 Å². The maximum Gasteiger partial charge on any atom is 0.0647 e. The standard InChI is InChI=1S/C10H10ClNS/c1-13-6-7-5-12-10-8(7)3-2-4-9(10)11/h2-5,12H,6H2,1H3. The van der Waals surface area contributed by atoms with Crippen LogP contribution in [0, 0.1) is 0 Å². The number of hydrogen-bond acceptors (Lipinski definition) is 1. The number of aromatic amines is 1. The topological polar surface area (TPSA) is 15.8 Å². The molecule has 1 aromatic carbocycles. The van der Waals surface area contributed by atoms with E-state index in [0.29, 0.717) is 0 Å².